The molecular formula is C23H26N2O4. The topological polar surface area (TPSA) is 83.9 Å². The van der Waals surface area contributed by atoms with Crippen molar-refractivity contribution in [1.29, 1.82) is 0 Å². The quantitative estimate of drug-likeness (QED) is 0.550. The molecule has 1 atom stereocenters. The molecule has 0 spiro atoms. The Balaban J connectivity index is 1.94. The number of amides is 1. The predicted molar refractivity (Wildman–Crippen MR) is 109 cm³/mol. The van der Waals surface area contributed by atoms with Crippen molar-refractivity contribution in [3.8, 4) is 0 Å². The Labute approximate surface area is 170 Å². The molecule has 1 fully saturated rings. The molecule has 2 aromatic rings. The van der Waals surface area contributed by atoms with E-state index in [1.165, 1.54) is 6.07 Å². The zero-order valence-corrected chi connectivity index (χ0v) is 16.6. The highest BCUT2D eigenvalue weighted by atomic mass is 16.4. The van der Waals surface area contributed by atoms with Crippen LogP contribution in [0.3, 0.4) is 0 Å². The van der Waals surface area contributed by atoms with Crippen LogP contribution in [0.5, 0.6) is 0 Å². The van der Waals surface area contributed by atoms with E-state index in [-0.39, 0.29) is 42.6 Å². The van der Waals surface area contributed by atoms with Crippen molar-refractivity contribution in [3.05, 3.63) is 70.5 Å². The summed E-state index contributed by atoms with van der Waals surface area (Å²) in [5.74, 6) is -0.400. The Morgan fingerprint density at radius 1 is 1.24 bits per heavy atom. The molecule has 29 heavy (non-hydrogen) atoms. The average molecular weight is 394 g/mol. The molecule has 2 N–H and O–H groups in total. The minimum absolute atomic E-state index is 0.0185. The van der Waals surface area contributed by atoms with Gasteiger partial charge >= 0.3 is 0 Å². The second-order valence-corrected chi connectivity index (χ2v) is 7.45. The lowest BCUT2D eigenvalue weighted by molar-refractivity contribution is 0.0865. The summed E-state index contributed by atoms with van der Waals surface area (Å²) in [6, 6.07) is 10.9. The van der Waals surface area contributed by atoms with E-state index in [9.17, 15) is 14.7 Å². The second-order valence-electron chi connectivity index (χ2n) is 7.45. The molecule has 1 aliphatic rings. The van der Waals surface area contributed by atoms with Crippen molar-refractivity contribution in [2.75, 3.05) is 6.54 Å². The van der Waals surface area contributed by atoms with Gasteiger partial charge in [-0.2, -0.15) is 0 Å². The van der Waals surface area contributed by atoms with Crippen molar-refractivity contribution >= 4 is 11.7 Å². The number of carbonyl (C=O) groups excluding carboxylic acids is 2. The highest BCUT2D eigenvalue weighted by molar-refractivity contribution is 6.00. The maximum Gasteiger partial charge on any atom is 0.255 e. The second kappa shape index (κ2) is 9.53. The van der Waals surface area contributed by atoms with Gasteiger partial charge in [0.2, 0.25) is 6.54 Å². The zero-order chi connectivity index (χ0) is 20.8. The Morgan fingerprint density at radius 2 is 1.93 bits per heavy atom. The molecule has 0 radical (unpaired) electrons. The van der Waals surface area contributed by atoms with Crippen molar-refractivity contribution in [1.82, 2.24) is 5.32 Å². The highest BCUT2D eigenvalue weighted by Crippen LogP contribution is 2.31. The van der Waals surface area contributed by atoms with E-state index in [2.05, 4.69) is 10.2 Å². The van der Waals surface area contributed by atoms with Crippen molar-refractivity contribution in [3.63, 3.8) is 0 Å². The molecule has 0 bridgehead atoms. The van der Waals surface area contributed by atoms with Gasteiger partial charge in [-0.1, -0.05) is 37.3 Å². The third-order valence-corrected chi connectivity index (χ3v) is 5.43. The summed E-state index contributed by atoms with van der Waals surface area (Å²) in [4.78, 5) is 28.8. The number of aliphatic hydroxyl groups is 1. The Morgan fingerprint density at radius 3 is 2.55 bits per heavy atom. The third kappa shape index (κ3) is 4.93. The summed E-state index contributed by atoms with van der Waals surface area (Å²) in [5.41, 5.74) is 1.17. The molecule has 152 valence electrons. The first-order chi connectivity index (χ1) is 14.0. The van der Waals surface area contributed by atoms with Gasteiger partial charge < -0.3 is 19.7 Å². The molecule has 1 aromatic carbocycles. The first kappa shape index (κ1) is 20.8. The molecule has 6 heteroatoms. The van der Waals surface area contributed by atoms with Crippen LogP contribution in [-0.4, -0.2) is 35.5 Å². The highest BCUT2D eigenvalue weighted by Gasteiger charge is 2.31. The normalized spacial score (nSPS) is 19.9. The largest absolute Gasteiger partial charge is 0.456 e. The van der Waals surface area contributed by atoms with Gasteiger partial charge in [-0.05, 0) is 31.2 Å². The third-order valence-electron chi connectivity index (χ3n) is 5.43. The Hall–Kier alpha value is -2.91. The minimum atomic E-state index is -0.430. The fourth-order valence-corrected chi connectivity index (χ4v) is 3.75. The van der Waals surface area contributed by atoms with E-state index < -0.39 is 5.92 Å². The molecular weight excluding hydrogens is 368 g/mol. The molecule has 0 saturated heterocycles. The molecule has 1 saturated carbocycles. The van der Waals surface area contributed by atoms with Gasteiger partial charge in [0.1, 0.15) is 11.7 Å². The summed E-state index contributed by atoms with van der Waals surface area (Å²) in [6.07, 6.45) is 2.71. The molecule has 3 rings (SSSR count). The van der Waals surface area contributed by atoms with Gasteiger partial charge in [0, 0.05) is 18.5 Å². The standard InChI is InChI=1S/C23H26N2O4/c1-3-20(27)21-13-18(23(28)25-16-9-11-17(26)12-10-16)22(29-21)19(14-24-2)15-7-5-4-6-8-15/h4-8,13,16-17,19,26H,3,9-12,14H2,1H3,(H,25,28). The van der Waals surface area contributed by atoms with Crippen LogP contribution in [0.2, 0.25) is 0 Å². The molecule has 1 aromatic heterocycles. The molecule has 1 amide bonds. The fraction of sp³-hybridized carbons (Fsp3) is 0.435. The number of furan rings is 1. The number of aliphatic hydroxyl groups excluding tert-OH is 1. The van der Waals surface area contributed by atoms with Crippen molar-refractivity contribution in [2.45, 2.75) is 57.1 Å². The number of hydrogen-bond acceptors (Lipinski definition) is 4. The van der Waals surface area contributed by atoms with Gasteiger partial charge in [-0.25, -0.2) is 6.57 Å². The maximum atomic E-state index is 13.1. The minimum Gasteiger partial charge on any atom is -0.456 e. The van der Waals surface area contributed by atoms with E-state index in [0.29, 0.717) is 37.0 Å². The lowest BCUT2D eigenvalue weighted by Crippen LogP contribution is -2.38. The van der Waals surface area contributed by atoms with Gasteiger partial charge in [0.25, 0.3) is 5.91 Å². The van der Waals surface area contributed by atoms with Crippen LogP contribution in [-0.2, 0) is 0 Å². The van der Waals surface area contributed by atoms with Gasteiger partial charge in [0.15, 0.2) is 11.5 Å². The molecule has 1 heterocycles. The predicted octanol–water partition coefficient (Wildman–Crippen LogP) is 3.96. The van der Waals surface area contributed by atoms with Crippen LogP contribution in [0.15, 0.2) is 40.8 Å². The van der Waals surface area contributed by atoms with Crippen LogP contribution >= 0.6 is 0 Å². The van der Waals surface area contributed by atoms with E-state index in [4.69, 9.17) is 11.0 Å². The summed E-state index contributed by atoms with van der Waals surface area (Å²) in [5, 5.41) is 12.7. The number of nitrogens with one attached hydrogen (secondary N) is 1. The average Bonchev–Trinajstić information content (AvgIpc) is 3.19. The Bertz CT molecular complexity index is 889. The van der Waals surface area contributed by atoms with Crippen LogP contribution in [0.25, 0.3) is 4.85 Å². The summed E-state index contributed by atoms with van der Waals surface area (Å²) in [7, 11) is 0. The van der Waals surface area contributed by atoms with Crippen molar-refractivity contribution < 1.29 is 19.1 Å². The number of benzene rings is 1. The van der Waals surface area contributed by atoms with Gasteiger partial charge in [0.05, 0.1) is 11.7 Å². The summed E-state index contributed by atoms with van der Waals surface area (Å²) >= 11 is 0. The van der Waals surface area contributed by atoms with E-state index in [1.807, 2.05) is 30.3 Å². The van der Waals surface area contributed by atoms with Gasteiger partial charge in [-0.3, -0.25) is 9.59 Å². The van der Waals surface area contributed by atoms with Crippen molar-refractivity contribution in [2.24, 2.45) is 0 Å². The number of hydrogen-bond donors (Lipinski definition) is 2. The number of carbonyl (C=O) groups is 2. The van der Waals surface area contributed by atoms with Crippen LogP contribution in [0.1, 0.15) is 77.2 Å². The fourth-order valence-electron chi connectivity index (χ4n) is 3.75. The van der Waals surface area contributed by atoms with Gasteiger partial charge in [-0.15, -0.1) is 0 Å². The number of Topliss-reactive ketones (excluding diaryl/α,β-unsaturated/α-hetero) is 1. The zero-order valence-electron chi connectivity index (χ0n) is 16.6. The summed E-state index contributed by atoms with van der Waals surface area (Å²) < 4.78 is 5.87. The summed E-state index contributed by atoms with van der Waals surface area (Å²) in [6.45, 7) is 9.21. The molecule has 0 aliphatic heterocycles. The van der Waals surface area contributed by atoms with Crippen LogP contribution in [0, 0.1) is 6.57 Å². The molecule has 1 aliphatic carbocycles. The first-order valence-corrected chi connectivity index (χ1v) is 10.1. The lowest BCUT2D eigenvalue weighted by Gasteiger charge is -2.26. The van der Waals surface area contributed by atoms with E-state index >= 15 is 0 Å². The lowest BCUT2D eigenvalue weighted by atomic mass is 9.92. The Kier molecular flexibility index (Phi) is 6.84. The number of ketones is 1. The van der Waals surface area contributed by atoms with E-state index in [1.54, 1.807) is 6.92 Å². The van der Waals surface area contributed by atoms with Crippen LogP contribution in [0.4, 0.5) is 0 Å². The number of nitrogens with zero attached hydrogens (tertiary/aromatic N) is 1. The SMILES string of the molecule is [C-]#[N+]CC(c1ccccc1)c1oc(C(=O)CC)cc1C(=O)NC1CCC(O)CC1. The van der Waals surface area contributed by atoms with E-state index in [0.717, 1.165) is 5.56 Å². The van der Waals surface area contributed by atoms with Crippen LogP contribution < -0.4 is 5.32 Å². The monoisotopic (exact) mass is 394 g/mol. The maximum absolute atomic E-state index is 13.1. The molecule has 6 nitrogen and oxygen atoms in total. The molecule has 1 unspecified atom stereocenters. The number of rotatable bonds is 7. The smallest absolute Gasteiger partial charge is 0.255 e. The first-order valence-electron chi connectivity index (χ1n) is 10.1.